The quantitative estimate of drug-likeness (QED) is 0.335. The molecule has 0 spiro atoms. The van der Waals surface area contributed by atoms with Crippen molar-refractivity contribution in [2.75, 3.05) is 11.6 Å². The molecule has 1 atom stereocenters. The molecular formula is C25H20ClN5O2S. The molecule has 3 aromatic carbocycles. The number of sulfone groups is 1. The third-order valence-electron chi connectivity index (χ3n) is 5.36. The van der Waals surface area contributed by atoms with E-state index in [0.29, 0.717) is 21.9 Å². The van der Waals surface area contributed by atoms with Crippen LogP contribution in [0.1, 0.15) is 17.2 Å². The van der Waals surface area contributed by atoms with Crippen molar-refractivity contribution in [2.45, 2.75) is 11.2 Å². The summed E-state index contributed by atoms with van der Waals surface area (Å²) in [5, 5.41) is 8.87. The average Bonchev–Trinajstić information content (AvgIpc) is 3.28. The van der Waals surface area contributed by atoms with E-state index in [0.717, 1.165) is 23.1 Å². The second-order valence-electron chi connectivity index (χ2n) is 7.80. The predicted molar refractivity (Wildman–Crippen MR) is 133 cm³/mol. The van der Waals surface area contributed by atoms with Crippen LogP contribution in [0.2, 0.25) is 5.02 Å². The first kappa shape index (κ1) is 22.1. The molecule has 7 nitrogen and oxygen atoms in total. The minimum absolute atomic E-state index is 0.275. The molecule has 0 amide bonds. The monoisotopic (exact) mass is 489 g/mol. The standard InChI is InChI=1S/C25H20ClN5O2S/c1-34(32,33)25-29-23(21-16-27-31(24(21)30-25)20-10-6-3-7-11-20)28-22(17-8-4-2-5-9-17)18-12-14-19(26)15-13-18/h2-16,22H,1H3,(H,28,29,30). The summed E-state index contributed by atoms with van der Waals surface area (Å²) in [5.41, 5.74) is 3.08. The Bertz CT molecular complexity index is 1550. The highest BCUT2D eigenvalue weighted by atomic mass is 35.5. The third kappa shape index (κ3) is 4.37. The molecule has 0 fully saturated rings. The van der Waals surface area contributed by atoms with Gasteiger partial charge in [-0.3, -0.25) is 0 Å². The maximum absolute atomic E-state index is 12.5. The van der Waals surface area contributed by atoms with Gasteiger partial charge in [0.05, 0.1) is 23.3 Å². The van der Waals surface area contributed by atoms with Crippen LogP contribution in [0.4, 0.5) is 5.82 Å². The van der Waals surface area contributed by atoms with Crippen LogP contribution in [-0.4, -0.2) is 34.4 Å². The molecule has 0 bridgehead atoms. The van der Waals surface area contributed by atoms with Gasteiger partial charge in [0.25, 0.3) is 5.16 Å². The average molecular weight is 490 g/mol. The predicted octanol–water partition coefficient (Wildman–Crippen LogP) is 5.07. The summed E-state index contributed by atoms with van der Waals surface area (Å²) in [6.45, 7) is 0. The van der Waals surface area contributed by atoms with E-state index in [1.54, 1.807) is 10.9 Å². The highest BCUT2D eigenvalue weighted by Crippen LogP contribution is 2.31. The van der Waals surface area contributed by atoms with Crippen molar-refractivity contribution in [2.24, 2.45) is 0 Å². The minimum atomic E-state index is -3.69. The second kappa shape index (κ2) is 8.89. The number of hydrogen-bond acceptors (Lipinski definition) is 6. The normalized spacial score (nSPS) is 12.5. The first-order chi connectivity index (χ1) is 16.4. The lowest BCUT2D eigenvalue weighted by Crippen LogP contribution is -2.15. The molecule has 0 aliphatic rings. The molecule has 0 saturated heterocycles. The smallest absolute Gasteiger partial charge is 0.250 e. The van der Waals surface area contributed by atoms with Crippen LogP contribution < -0.4 is 5.32 Å². The maximum atomic E-state index is 12.5. The summed E-state index contributed by atoms with van der Waals surface area (Å²) < 4.78 is 26.5. The maximum Gasteiger partial charge on any atom is 0.250 e. The third-order valence-corrected chi connectivity index (χ3v) is 6.46. The van der Waals surface area contributed by atoms with Gasteiger partial charge in [0, 0.05) is 11.3 Å². The molecule has 5 aromatic rings. The van der Waals surface area contributed by atoms with Crippen LogP contribution in [0.5, 0.6) is 0 Å². The van der Waals surface area contributed by atoms with Gasteiger partial charge in [0.15, 0.2) is 5.65 Å². The van der Waals surface area contributed by atoms with E-state index in [2.05, 4.69) is 20.4 Å². The zero-order chi connectivity index (χ0) is 23.7. The molecule has 0 radical (unpaired) electrons. The molecule has 9 heteroatoms. The van der Waals surface area contributed by atoms with Crippen molar-refractivity contribution < 1.29 is 8.42 Å². The van der Waals surface area contributed by atoms with E-state index >= 15 is 0 Å². The number of halogens is 1. The Morgan fingerprint density at radius 1 is 0.853 bits per heavy atom. The van der Waals surface area contributed by atoms with Crippen molar-refractivity contribution in [1.82, 2.24) is 19.7 Å². The van der Waals surface area contributed by atoms with Crippen LogP contribution in [0.3, 0.4) is 0 Å². The second-order valence-corrected chi connectivity index (χ2v) is 10.1. The van der Waals surface area contributed by atoms with Gasteiger partial charge < -0.3 is 5.32 Å². The van der Waals surface area contributed by atoms with Crippen molar-refractivity contribution in [3.63, 3.8) is 0 Å². The first-order valence-corrected chi connectivity index (χ1v) is 12.8. The molecule has 0 aliphatic heterocycles. The first-order valence-electron chi connectivity index (χ1n) is 10.5. The minimum Gasteiger partial charge on any atom is -0.358 e. The molecule has 2 heterocycles. The van der Waals surface area contributed by atoms with Gasteiger partial charge in [0.2, 0.25) is 9.84 Å². The Kier molecular flexibility index (Phi) is 5.77. The lowest BCUT2D eigenvalue weighted by molar-refractivity contribution is 0.593. The highest BCUT2D eigenvalue weighted by Gasteiger charge is 2.22. The zero-order valence-corrected chi connectivity index (χ0v) is 19.7. The number of nitrogens with zero attached hydrogens (tertiary/aromatic N) is 4. The molecule has 170 valence electrons. The van der Waals surface area contributed by atoms with Gasteiger partial charge in [0.1, 0.15) is 5.82 Å². The van der Waals surface area contributed by atoms with Crippen LogP contribution >= 0.6 is 11.6 Å². The molecular weight excluding hydrogens is 470 g/mol. The number of hydrogen-bond donors (Lipinski definition) is 1. The Morgan fingerprint density at radius 3 is 2.12 bits per heavy atom. The summed E-state index contributed by atoms with van der Waals surface area (Å²) in [6, 6.07) is 26.4. The van der Waals surface area contributed by atoms with E-state index in [4.69, 9.17) is 11.6 Å². The Morgan fingerprint density at radius 2 is 1.47 bits per heavy atom. The highest BCUT2D eigenvalue weighted by molar-refractivity contribution is 7.90. The number of benzene rings is 3. The Hall–Kier alpha value is -3.75. The molecule has 0 saturated carbocycles. The SMILES string of the molecule is CS(=O)(=O)c1nc(NC(c2ccccc2)c2ccc(Cl)cc2)c2cnn(-c3ccccc3)c2n1. The van der Waals surface area contributed by atoms with Gasteiger partial charge in [-0.25, -0.2) is 18.1 Å². The Labute approximate surface area is 202 Å². The Balaban J connectivity index is 1.70. The van der Waals surface area contributed by atoms with E-state index in [1.165, 1.54) is 0 Å². The fraction of sp³-hybridized carbons (Fsp3) is 0.0800. The van der Waals surface area contributed by atoms with Crippen molar-refractivity contribution in [1.29, 1.82) is 0 Å². The van der Waals surface area contributed by atoms with E-state index in [-0.39, 0.29) is 11.2 Å². The van der Waals surface area contributed by atoms with Crippen LogP contribution in [0.25, 0.3) is 16.7 Å². The van der Waals surface area contributed by atoms with Gasteiger partial charge in [-0.15, -0.1) is 0 Å². The van der Waals surface area contributed by atoms with E-state index in [1.807, 2.05) is 84.9 Å². The summed E-state index contributed by atoms with van der Waals surface area (Å²) in [6.07, 6.45) is 2.73. The topological polar surface area (TPSA) is 89.8 Å². The number of nitrogens with one attached hydrogen (secondary N) is 1. The molecule has 1 unspecified atom stereocenters. The number of para-hydroxylation sites is 1. The van der Waals surface area contributed by atoms with Crippen molar-refractivity contribution in [3.05, 3.63) is 107 Å². The number of fused-ring (bicyclic) bond motifs is 1. The van der Waals surface area contributed by atoms with Crippen LogP contribution in [0, 0.1) is 0 Å². The molecule has 34 heavy (non-hydrogen) atoms. The molecule has 2 aromatic heterocycles. The van der Waals surface area contributed by atoms with Gasteiger partial charge >= 0.3 is 0 Å². The summed E-state index contributed by atoms with van der Waals surface area (Å²) in [4.78, 5) is 8.75. The van der Waals surface area contributed by atoms with Gasteiger partial charge in [-0.1, -0.05) is 72.3 Å². The van der Waals surface area contributed by atoms with E-state index < -0.39 is 9.84 Å². The van der Waals surface area contributed by atoms with Gasteiger partial charge in [-0.05, 0) is 35.4 Å². The number of aromatic nitrogens is 4. The zero-order valence-electron chi connectivity index (χ0n) is 18.1. The van der Waals surface area contributed by atoms with Crippen molar-refractivity contribution in [3.8, 4) is 5.69 Å². The number of anilines is 1. The fourth-order valence-corrected chi connectivity index (χ4v) is 4.35. The van der Waals surface area contributed by atoms with Crippen molar-refractivity contribution >= 4 is 38.3 Å². The fourth-order valence-electron chi connectivity index (χ4n) is 3.72. The summed E-state index contributed by atoms with van der Waals surface area (Å²) >= 11 is 6.11. The van der Waals surface area contributed by atoms with Crippen LogP contribution in [0.15, 0.2) is 96.3 Å². The lowest BCUT2D eigenvalue weighted by Gasteiger charge is -2.21. The summed E-state index contributed by atoms with van der Waals surface area (Å²) in [5.74, 6) is 0.372. The largest absolute Gasteiger partial charge is 0.358 e. The molecule has 5 rings (SSSR count). The molecule has 1 N–H and O–H groups in total. The lowest BCUT2D eigenvalue weighted by atomic mass is 9.98. The van der Waals surface area contributed by atoms with Crippen LogP contribution in [-0.2, 0) is 9.84 Å². The van der Waals surface area contributed by atoms with E-state index in [9.17, 15) is 8.42 Å². The summed E-state index contributed by atoms with van der Waals surface area (Å²) in [7, 11) is -3.69. The molecule has 0 aliphatic carbocycles. The number of rotatable bonds is 6. The van der Waals surface area contributed by atoms with Gasteiger partial charge in [-0.2, -0.15) is 10.1 Å².